The van der Waals surface area contributed by atoms with Gasteiger partial charge in [-0.1, -0.05) is 0 Å². The number of nitrogens with one attached hydrogen (secondary N) is 1. The van der Waals surface area contributed by atoms with E-state index in [1.165, 1.54) is 6.33 Å². The highest BCUT2D eigenvalue weighted by Gasteiger charge is 2.17. The van der Waals surface area contributed by atoms with E-state index in [9.17, 15) is 4.79 Å². The number of fused-ring (bicyclic) bond motifs is 1. The number of hydrogen-bond donors (Lipinski definition) is 1. The van der Waals surface area contributed by atoms with Gasteiger partial charge in [0.05, 0.1) is 25.3 Å². The fourth-order valence-electron chi connectivity index (χ4n) is 2.03. The summed E-state index contributed by atoms with van der Waals surface area (Å²) < 4.78 is 7.42. The molecule has 1 fully saturated rings. The predicted molar refractivity (Wildman–Crippen MR) is 57.1 cm³/mol. The second-order valence-corrected chi connectivity index (χ2v) is 3.94. The van der Waals surface area contributed by atoms with Gasteiger partial charge in [0, 0.05) is 6.61 Å². The summed E-state index contributed by atoms with van der Waals surface area (Å²) in [5.41, 5.74) is 0.816. The highest BCUT2D eigenvalue weighted by molar-refractivity contribution is 5.68. The molecule has 0 aliphatic carbocycles. The summed E-state index contributed by atoms with van der Waals surface area (Å²) in [5, 5.41) is 0. The number of imidazole rings is 1. The molecule has 3 rings (SSSR count). The van der Waals surface area contributed by atoms with Crippen molar-refractivity contribution in [1.29, 1.82) is 0 Å². The van der Waals surface area contributed by atoms with E-state index in [2.05, 4.69) is 15.0 Å². The van der Waals surface area contributed by atoms with E-state index in [1.54, 1.807) is 6.33 Å². The third kappa shape index (κ3) is 1.51. The minimum atomic E-state index is -0.198. The molecule has 1 N–H and O–H groups in total. The molecular weight excluding hydrogens is 208 g/mol. The van der Waals surface area contributed by atoms with Gasteiger partial charge >= 0.3 is 0 Å². The largest absolute Gasteiger partial charge is 0.376 e. The van der Waals surface area contributed by atoms with Crippen LogP contribution in [0, 0.1) is 0 Å². The van der Waals surface area contributed by atoms with Crippen molar-refractivity contribution in [1.82, 2.24) is 19.5 Å². The zero-order chi connectivity index (χ0) is 11.0. The van der Waals surface area contributed by atoms with Crippen LogP contribution in [0.5, 0.6) is 0 Å². The van der Waals surface area contributed by atoms with Gasteiger partial charge in [0.2, 0.25) is 0 Å². The Bertz CT molecular complexity index is 553. The Kier molecular flexibility index (Phi) is 2.21. The van der Waals surface area contributed by atoms with E-state index in [0.29, 0.717) is 17.7 Å². The Hall–Kier alpha value is -1.69. The minimum Gasteiger partial charge on any atom is -0.376 e. The van der Waals surface area contributed by atoms with Gasteiger partial charge in [-0.05, 0) is 12.8 Å². The van der Waals surface area contributed by atoms with Gasteiger partial charge in [-0.3, -0.25) is 4.79 Å². The molecule has 16 heavy (non-hydrogen) atoms. The molecule has 1 aliphatic heterocycles. The van der Waals surface area contributed by atoms with Crippen molar-refractivity contribution < 1.29 is 4.74 Å². The molecule has 0 amide bonds. The van der Waals surface area contributed by atoms with Crippen LogP contribution in [0.1, 0.15) is 12.8 Å². The van der Waals surface area contributed by atoms with Crippen LogP contribution >= 0.6 is 0 Å². The van der Waals surface area contributed by atoms with Crippen LogP contribution in [-0.4, -0.2) is 32.2 Å². The van der Waals surface area contributed by atoms with E-state index < -0.39 is 0 Å². The lowest BCUT2D eigenvalue weighted by Gasteiger charge is -2.09. The Labute approximate surface area is 91.3 Å². The fourth-order valence-corrected chi connectivity index (χ4v) is 2.03. The van der Waals surface area contributed by atoms with Crippen molar-refractivity contribution in [2.75, 3.05) is 6.61 Å². The topological polar surface area (TPSA) is 72.8 Å². The zero-order valence-corrected chi connectivity index (χ0v) is 8.72. The first-order valence-corrected chi connectivity index (χ1v) is 5.35. The Balaban J connectivity index is 1.97. The predicted octanol–water partition coefficient (Wildman–Crippen LogP) is 0.299. The fraction of sp³-hybridized carbons (Fsp3) is 0.500. The molecule has 1 atom stereocenters. The lowest BCUT2D eigenvalue weighted by Crippen LogP contribution is -2.15. The van der Waals surface area contributed by atoms with Gasteiger partial charge in [0.15, 0.2) is 11.2 Å². The maximum Gasteiger partial charge on any atom is 0.278 e. The van der Waals surface area contributed by atoms with Crippen molar-refractivity contribution in [2.24, 2.45) is 0 Å². The highest BCUT2D eigenvalue weighted by atomic mass is 16.5. The normalized spacial score (nSPS) is 20.6. The molecule has 1 aliphatic rings. The van der Waals surface area contributed by atoms with Crippen molar-refractivity contribution >= 4 is 11.2 Å². The Morgan fingerprint density at radius 2 is 2.50 bits per heavy atom. The molecule has 1 saturated heterocycles. The molecular formula is C10H12N4O2. The standard InChI is InChI=1S/C10H12N4O2/c15-10-8-9(11-5-12-10)14(6-13-8)4-7-2-1-3-16-7/h5-7H,1-4H2,(H,11,12,15)/t7-/m0/s1. The summed E-state index contributed by atoms with van der Waals surface area (Å²) in [4.78, 5) is 22.1. The quantitative estimate of drug-likeness (QED) is 0.790. The lowest BCUT2D eigenvalue weighted by molar-refractivity contribution is 0.0978. The molecule has 0 bridgehead atoms. The monoisotopic (exact) mass is 220 g/mol. The summed E-state index contributed by atoms with van der Waals surface area (Å²) in [6.45, 7) is 1.54. The molecule has 0 unspecified atom stereocenters. The van der Waals surface area contributed by atoms with Crippen LogP contribution in [0.2, 0.25) is 0 Å². The van der Waals surface area contributed by atoms with Crippen molar-refractivity contribution in [3.8, 4) is 0 Å². The SMILES string of the molecule is O=c1[nH]cnc2c1ncn2C[C@@H]1CCCO1. The summed E-state index contributed by atoms with van der Waals surface area (Å²) >= 11 is 0. The van der Waals surface area contributed by atoms with E-state index >= 15 is 0 Å². The van der Waals surface area contributed by atoms with Gasteiger partial charge in [0.1, 0.15) is 0 Å². The Morgan fingerprint density at radius 3 is 3.31 bits per heavy atom. The minimum absolute atomic E-state index is 0.198. The average molecular weight is 220 g/mol. The Morgan fingerprint density at radius 1 is 1.56 bits per heavy atom. The molecule has 6 heteroatoms. The van der Waals surface area contributed by atoms with Gasteiger partial charge in [-0.2, -0.15) is 0 Å². The molecule has 84 valence electrons. The zero-order valence-electron chi connectivity index (χ0n) is 8.72. The van der Waals surface area contributed by atoms with E-state index in [-0.39, 0.29) is 11.7 Å². The maximum absolute atomic E-state index is 11.4. The summed E-state index contributed by atoms with van der Waals surface area (Å²) in [7, 11) is 0. The molecule has 0 saturated carbocycles. The number of rotatable bonds is 2. The van der Waals surface area contributed by atoms with E-state index in [4.69, 9.17) is 4.74 Å². The lowest BCUT2D eigenvalue weighted by atomic mass is 10.2. The van der Waals surface area contributed by atoms with Gasteiger partial charge in [-0.15, -0.1) is 0 Å². The third-order valence-corrected chi connectivity index (χ3v) is 2.83. The van der Waals surface area contributed by atoms with Gasteiger partial charge in [-0.25, -0.2) is 9.97 Å². The van der Waals surface area contributed by atoms with Crippen LogP contribution in [0.3, 0.4) is 0 Å². The van der Waals surface area contributed by atoms with Crippen molar-refractivity contribution in [3.63, 3.8) is 0 Å². The second kappa shape index (κ2) is 3.71. The van der Waals surface area contributed by atoms with Gasteiger partial charge < -0.3 is 14.3 Å². The molecule has 2 aromatic rings. The molecule has 2 aromatic heterocycles. The number of aromatic nitrogens is 4. The van der Waals surface area contributed by atoms with Crippen LogP contribution in [-0.2, 0) is 11.3 Å². The van der Waals surface area contributed by atoms with Crippen molar-refractivity contribution in [3.05, 3.63) is 23.0 Å². The number of nitrogens with zero attached hydrogens (tertiary/aromatic N) is 3. The van der Waals surface area contributed by atoms with Crippen LogP contribution in [0.4, 0.5) is 0 Å². The number of H-pyrrole nitrogens is 1. The molecule has 0 radical (unpaired) electrons. The summed E-state index contributed by atoms with van der Waals surface area (Å²) in [6, 6.07) is 0. The highest BCUT2D eigenvalue weighted by Crippen LogP contribution is 2.15. The number of ether oxygens (including phenoxy) is 1. The maximum atomic E-state index is 11.4. The average Bonchev–Trinajstić information content (AvgIpc) is 2.90. The molecule has 0 aromatic carbocycles. The smallest absolute Gasteiger partial charge is 0.278 e. The summed E-state index contributed by atoms with van der Waals surface area (Å²) in [5.74, 6) is 0. The second-order valence-electron chi connectivity index (χ2n) is 3.94. The molecule has 0 spiro atoms. The van der Waals surface area contributed by atoms with Crippen molar-refractivity contribution in [2.45, 2.75) is 25.5 Å². The van der Waals surface area contributed by atoms with Gasteiger partial charge in [0.25, 0.3) is 5.56 Å². The first-order valence-electron chi connectivity index (χ1n) is 5.35. The number of hydrogen-bond acceptors (Lipinski definition) is 4. The van der Waals surface area contributed by atoms with Crippen LogP contribution in [0.25, 0.3) is 11.2 Å². The molecule has 6 nitrogen and oxygen atoms in total. The first kappa shape index (κ1) is 9.53. The first-order chi connectivity index (χ1) is 7.84. The third-order valence-electron chi connectivity index (χ3n) is 2.83. The summed E-state index contributed by atoms with van der Waals surface area (Å²) in [6.07, 6.45) is 5.43. The van der Waals surface area contributed by atoms with Crippen LogP contribution < -0.4 is 5.56 Å². The van der Waals surface area contributed by atoms with Crippen LogP contribution in [0.15, 0.2) is 17.4 Å². The van der Waals surface area contributed by atoms with E-state index in [0.717, 1.165) is 19.4 Å². The number of aromatic amines is 1. The molecule has 3 heterocycles. The van der Waals surface area contributed by atoms with E-state index in [1.807, 2.05) is 4.57 Å².